The number of carbonyl (C=O) groups excluding carboxylic acids is 1. The Morgan fingerprint density at radius 2 is 2.07 bits per heavy atom. The van der Waals surface area contributed by atoms with Crippen LogP contribution in [-0.4, -0.2) is 12.1 Å². The predicted octanol–water partition coefficient (Wildman–Crippen LogP) is 2.93. The van der Waals surface area contributed by atoms with Crippen LogP contribution >= 0.6 is 0 Å². The fourth-order valence-corrected chi connectivity index (χ4v) is 2.23. The van der Waals surface area contributed by atoms with E-state index in [1.165, 1.54) is 0 Å². The van der Waals surface area contributed by atoms with Gasteiger partial charge in [-0.1, -0.05) is 27.4 Å². The Morgan fingerprint density at radius 1 is 1.50 bits per heavy atom. The molecule has 0 heterocycles. The molecule has 2 nitrogen and oxygen atoms in total. The Labute approximate surface area is 86.3 Å². The third-order valence-corrected chi connectivity index (χ3v) is 2.96. The van der Waals surface area contributed by atoms with Gasteiger partial charge in [0, 0.05) is 11.0 Å². The van der Waals surface area contributed by atoms with E-state index in [1.54, 1.807) is 6.92 Å². The monoisotopic (exact) mass is 196 g/mol. The van der Waals surface area contributed by atoms with Crippen molar-refractivity contribution in [3.05, 3.63) is 12.2 Å². The summed E-state index contributed by atoms with van der Waals surface area (Å²) in [6, 6.07) is 0. The van der Waals surface area contributed by atoms with Crippen LogP contribution in [0.3, 0.4) is 0 Å². The third-order valence-electron chi connectivity index (χ3n) is 2.96. The van der Waals surface area contributed by atoms with Gasteiger partial charge in [0.05, 0.1) is 0 Å². The maximum atomic E-state index is 11.4. The van der Waals surface area contributed by atoms with Crippen molar-refractivity contribution < 1.29 is 9.53 Å². The summed E-state index contributed by atoms with van der Waals surface area (Å²) in [4.78, 5) is 11.4. The zero-order valence-corrected chi connectivity index (χ0v) is 9.59. The SMILES string of the molecule is C=C(C)C(=O)OC1CC(C)CC1(C)C. The maximum Gasteiger partial charge on any atom is 0.333 e. The van der Waals surface area contributed by atoms with Crippen molar-refractivity contribution in [2.45, 2.75) is 46.6 Å². The van der Waals surface area contributed by atoms with Crippen LogP contribution in [0.15, 0.2) is 12.2 Å². The average Bonchev–Trinajstić information content (AvgIpc) is 2.24. The number of rotatable bonds is 2. The highest BCUT2D eigenvalue weighted by Gasteiger charge is 2.41. The van der Waals surface area contributed by atoms with Gasteiger partial charge in [0.2, 0.25) is 0 Å². The summed E-state index contributed by atoms with van der Waals surface area (Å²) in [5.41, 5.74) is 0.602. The first-order chi connectivity index (χ1) is 6.33. The van der Waals surface area contributed by atoms with Crippen LogP contribution in [0, 0.1) is 11.3 Å². The Bertz CT molecular complexity index is 253. The van der Waals surface area contributed by atoms with E-state index in [0.717, 1.165) is 12.8 Å². The molecule has 0 N–H and O–H groups in total. The first-order valence-corrected chi connectivity index (χ1v) is 5.19. The molecule has 0 aliphatic heterocycles. The van der Waals surface area contributed by atoms with Gasteiger partial charge in [0.15, 0.2) is 0 Å². The summed E-state index contributed by atoms with van der Waals surface area (Å²) in [7, 11) is 0. The first kappa shape index (κ1) is 11.3. The lowest BCUT2D eigenvalue weighted by atomic mass is 9.88. The van der Waals surface area contributed by atoms with E-state index in [4.69, 9.17) is 4.74 Å². The van der Waals surface area contributed by atoms with Gasteiger partial charge < -0.3 is 4.74 Å². The van der Waals surface area contributed by atoms with E-state index in [1.807, 2.05) is 0 Å². The average molecular weight is 196 g/mol. The predicted molar refractivity (Wildman–Crippen MR) is 56.9 cm³/mol. The van der Waals surface area contributed by atoms with Gasteiger partial charge in [0.25, 0.3) is 0 Å². The molecule has 1 aliphatic rings. The number of carbonyl (C=O) groups is 1. The summed E-state index contributed by atoms with van der Waals surface area (Å²) in [5, 5.41) is 0. The van der Waals surface area contributed by atoms with Crippen LogP contribution in [0.4, 0.5) is 0 Å². The molecule has 0 aromatic rings. The lowest BCUT2D eigenvalue weighted by Gasteiger charge is -2.26. The highest BCUT2D eigenvalue weighted by Crippen LogP contribution is 2.42. The molecule has 2 atom stereocenters. The molecule has 0 bridgehead atoms. The second kappa shape index (κ2) is 3.76. The van der Waals surface area contributed by atoms with Gasteiger partial charge in [-0.05, 0) is 25.7 Å². The molecule has 1 aliphatic carbocycles. The Kier molecular flexibility index (Phi) is 3.03. The van der Waals surface area contributed by atoms with Gasteiger partial charge in [-0.3, -0.25) is 0 Å². The molecule has 2 heteroatoms. The van der Waals surface area contributed by atoms with Gasteiger partial charge in [0.1, 0.15) is 6.10 Å². The first-order valence-electron chi connectivity index (χ1n) is 5.19. The molecule has 2 unspecified atom stereocenters. The molecule has 80 valence electrons. The van der Waals surface area contributed by atoms with Crippen molar-refractivity contribution in [3.63, 3.8) is 0 Å². The highest BCUT2D eigenvalue weighted by molar-refractivity contribution is 5.87. The number of hydrogen-bond donors (Lipinski definition) is 0. The zero-order chi connectivity index (χ0) is 10.9. The lowest BCUT2D eigenvalue weighted by molar-refractivity contribution is -0.148. The summed E-state index contributed by atoms with van der Waals surface area (Å²) >= 11 is 0. The normalized spacial score (nSPS) is 30.0. The second-order valence-electron chi connectivity index (χ2n) is 5.21. The van der Waals surface area contributed by atoms with Crippen LogP contribution in [0.25, 0.3) is 0 Å². The van der Waals surface area contributed by atoms with Crippen molar-refractivity contribution in [1.29, 1.82) is 0 Å². The molecule has 0 saturated heterocycles. The largest absolute Gasteiger partial charge is 0.458 e. The third kappa shape index (κ3) is 2.37. The summed E-state index contributed by atoms with van der Waals surface area (Å²) < 4.78 is 5.42. The minimum Gasteiger partial charge on any atom is -0.458 e. The summed E-state index contributed by atoms with van der Waals surface area (Å²) in [5.74, 6) is 0.394. The molecule has 0 radical (unpaired) electrons. The van der Waals surface area contributed by atoms with Crippen LogP contribution in [0.2, 0.25) is 0 Å². The number of esters is 1. The maximum absolute atomic E-state index is 11.4. The van der Waals surface area contributed by atoms with Crippen molar-refractivity contribution in [1.82, 2.24) is 0 Å². The smallest absolute Gasteiger partial charge is 0.333 e. The lowest BCUT2D eigenvalue weighted by Crippen LogP contribution is -2.28. The van der Waals surface area contributed by atoms with E-state index >= 15 is 0 Å². The van der Waals surface area contributed by atoms with Crippen molar-refractivity contribution in [3.8, 4) is 0 Å². The molecule has 14 heavy (non-hydrogen) atoms. The molecule has 0 spiro atoms. The molecule has 1 fully saturated rings. The van der Waals surface area contributed by atoms with E-state index in [0.29, 0.717) is 11.5 Å². The molecule has 1 saturated carbocycles. The minimum atomic E-state index is -0.253. The molecule has 0 aromatic heterocycles. The van der Waals surface area contributed by atoms with E-state index in [9.17, 15) is 4.79 Å². The van der Waals surface area contributed by atoms with Crippen LogP contribution in [0.5, 0.6) is 0 Å². The van der Waals surface area contributed by atoms with E-state index < -0.39 is 0 Å². The Morgan fingerprint density at radius 3 is 2.43 bits per heavy atom. The molecular weight excluding hydrogens is 176 g/mol. The summed E-state index contributed by atoms with van der Waals surface area (Å²) in [6.45, 7) is 11.8. The summed E-state index contributed by atoms with van der Waals surface area (Å²) in [6.07, 6.45) is 2.16. The fourth-order valence-electron chi connectivity index (χ4n) is 2.23. The molecule has 1 rings (SSSR count). The van der Waals surface area contributed by atoms with E-state index in [-0.39, 0.29) is 17.5 Å². The quantitative estimate of drug-likeness (QED) is 0.501. The van der Waals surface area contributed by atoms with Crippen LogP contribution in [0.1, 0.15) is 40.5 Å². The topological polar surface area (TPSA) is 26.3 Å². The Balaban J connectivity index is 2.61. The van der Waals surface area contributed by atoms with Crippen molar-refractivity contribution in [2.75, 3.05) is 0 Å². The minimum absolute atomic E-state index is 0.0571. The molecule has 0 aromatic carbocycles. The van der Waals surface area contributed by atoms with Gasteiger partial charge in [-0.25, -0.2) is 4.79 Å². The number of ether oxygens (including phenoxy) is 1. The van der Waals surface area contributed by atoms with Crippen LogP contribution in [-0.2, 0) is 9.53 Å². The molecule has 0 amide bonds. The van der Waals surface area contributed by atoms with E-state index in [2.05, 4.69) is 27.4 Å². The number of hydrogen-bond acceptors (Lipinski definition) is 2. The van der Waals surface area contributed by atoms with Crippen molar-refractivity contribution in [2.24, 2.45) is 11.3 Å². The molecular formula is C12H20O2. The van der Waals surface area contributed by atoms with Crippen molar-refractivity contribution >= 4 is 5.97 Å². The van der Waals surface area contributed by atoms with Gasteiger partial charge in [-0.15, -0.1) is 0 Å². The highest BCUT2D eigenvalue weighted by atomic mass is 16.5. The standard InChI is InChI=1S/C12H20O2/c1-8(2)11(13)14-10-6-9(3)7-12(10,4)5/h9-10H,1,6-7H2,2-5H3. The van der Waals surface area contributed by atoms with Crippen LogP contribution < -0.4 is 0 Å². The van der Waals surface area contributed by atoms with Gasteiger partial charge >= 0.3 is 5.97 Å². The fraction of sp³-hybridized carbons (Fsp3) is 0.750. The van der Waals surface area contributed by atoms with Gasteiger partial charge in [-0.2, -0.15) is 0 Å². The second-order valence-corrected chi connectivity index (χ2v) is 5.21. The Hall–Kier alpha value is -0.790. The zero-order valence-electron chi connectivity index (χ0n) is 9.59.